The molecule has 0 aromatic rings. The van der Waals surface area contributed by atoms with E-state index in [0.717, 1.165) is 6.42 Å². The maximum atomic E-state index is 11.0. The highest BCUT2D eigenvalue weighted by Crippen LogP contribution is 2.14. The zero-order valence-corrected chi connectivity index (χ0v) is 5.79. The molecule has 0 saturated heterocycles. The second-order valence-electron chi connectivity index (χ2n) is 2.31. The van der Waals surface area contributed by atoms with Gasteiger partial charge in [-0.05, 0) is 6.42 Å². The van der Waals surface area contributed by atoms with E-state index in [9.17, 15) is 4.79 Å². The molecule has 50 valence electrons. The number of hydrogen-bond acceptors (Lipinski definition) is 1. The Morgan fingerprint density at radius 2 is 2.44 bits per heavy atom. The van der Waals surface area contributed by atoms with E-state index in [-0.39, 0.29) is 11.8 Å². The van der Waals surface area contributed by atoms with Crippen LogP contribution in [-0.2, 0) is 4.79 Å². The summed E-state index contributed by atoms with van der Waals surface area (Å²) in [5, 5.41) is 0. The number of nitrogens with zero attached hydrogens (tertiary/aromatic N) is 1. The molecule has 0 fully saturated rings. The van der Waals surface area contributed by atoms with Crippen LogP contribution in [-0.4, -0.2) is 17.9 Å². The summed E-state index contributed by atoms with van der Waals surface area (Å²) in [7, 11) is 1.79. The van der Waals surface area contributed by atoms with Crippen LogP contribution in [0.2, 0.25) is 0 Å². The van der Waals surface area contributed by atoms with Crippen molar-refractivity contribution in [1.29, 1.82) is 0 Å². The van der Waals surface area contributed by atoms with Crippen LogP contribution in [0.3, 0.4) is 0 Å². The fraction of sp³-hybridized carbons (Fsp3) is 0.571. The quantitative estimate of drug-likeness (QED) is 0.512. The van der Waals surface area contributed by atoms with E-state index in [4.69, 9.17) is 0 Å². The normalized spacial score (nSPS) is 25.8. The van der Waals surface area contributed by atoms with Gasteiger partial charge < -0.3 is 4.90 Å². The zero-order chi connectivity index (χ0) is 6.85. The fourth-order valence-corrected chi connectivity index (χ4v) is 0.961. The lowest BCUT2D eigenvalue weighted by Crippen LogP contribution is -2.20. The molecule has 1 aliphatic heterocycles. The lowest BCUT2D eigenvalue weighted by molar-refractivity contribution is -0.128. The Balaban J connectivity index is 2.62. The van der Waals surface area contributed by atoms with E-state index < -0.39 is 0 Å². The molecule has 0 radical (unpaired) electrons. The van der Waals surface area contributed by atoms with Gasteiger partial charge in [-0.15, -0.1) is 0 Å². The van der Waals surface area contributed by atoms with Crippen molar-refractivity contribution >= 4 is 5.91 Å². The van der Waals surface area contributed by atoms with Gasteiger partial charge in [-0.25, -0.2) is 0 Å². The van der Waals surface area contributed by atoms with Crippen LogP contribution in [0.1, 0.15) is 13.3 Å². The highest BCUT2D eigenvalue weighted by molar-refractivity contribution is 5.83. The van der Waals surface area contributed by atoms with Gasteiger partial charge in [0, 0.05) is 13.2 Å². The number of rotatable bonds is 1. The van der Waals surface area contributed by atoms with Gasteiger partial charge in [-0.2, -0.15) is 0 Å². The fourth-order valence-electron chi connectivity index (χ4n) is 0.961. The molecule has 1 aliphatic rings. The van der Waals surface area contributed by atoms with Crippen LogP contribution in [0.25, 0.3) is 0 Å². The predicted octanol–water partition coefficient (Wildman–Crippen LogP) is 0.998. The lowest BCUT2D eigenvalue weighted by atomic mass is 10.1. The molecule has 1 amide bonds. The first-order valence-electron chi connectivity index (χ1n) is 3.20. The van der Waals surface area contributed by atoms with Crippen LogP contribution < -0.4 is 0 Å². The molecule has 0 aromatic heterocycles. The first-order chi connectivity index (χ1) is 4.25. The molecular weight excluding hydrogens is 114 g/mol. The van der Waals surface area contributed by atoms with E-state index in [1.807, 2.05) is 19.2 Å². The number of amides is 1. The van der Waals surface area contributed by atoms with Crippen molar-refractivity contribution in [3.63, 3.8) is 0 Å². The second kappa shape index (κ2) is 2.21. The average Bonchev–Trinajstić information content (AvgIpc) is 2.15. The molecular formula is C7H11NO. The minimum absolute atomic E-state index is 0.148. The maximum absolute atomic E-state index is 11.0. The van der Waals surface area contributed by atoms with Crippen LogP contribution in [0.4, 0.5) is 0 Å². The Morgan fingerprint density at radius 1 is 1.78 bits per heavy atom. The Hall–Kier alpha value is -0.790. The van der Waals surface area contributed by atoms with Crippen molar-refractivity contribution < 1.29 is 4.79 Å². The van der Waals surface area contributed by atoms with Gasteiger partial charge in [0.1, 0.15) is 0 Å². The summed E-state index contributed by atoms with van der Waals surface area (Å²) in [5.41, 5.74) is 0. The maximum Gasteiger partial charge on any atom is 0.233 e. The van der Waals surface area contributed by atoms with Gasteiger partial charge in [0.05, 0.1) is 5.92 Å². The molecule has 1 unspecified atom stereocenters. The third-order valence-corrected chi connectivity index (χ3v) is 1.65. The first-order valence-corrected chi connectivity index (χ1v) is 3.20. The predicted molar refractivity (Wildman–Crippen MR) is 35.7 cm³/mol. The van der Waals surface area contributed by atoms with Crippen molar-refractivity contribution in [2.24, 2.45) is 5.92 Å². The van der Waals surface area contributed by atoms with Crippen LogP contribution in [0.15, 0.2) is 12.3 Å². The number of carbonyl (C=O) groups is 1. The van der Waals surface area contributed by atoms with Gasteiger partial charge >= 0.3 is 0 Å². The second-order valence-corrected chi connectivity index (χ2v) is 2.31. The van der Waals surface area contributed by atoms with E-state index in [1.54, 1.807) is 11.9 Å². The molecule has 1 heterocycles. The third kappa shape index (κ3) is 0.969. The molecule has 9 heavy (non-hydrogen) atoms. The van der Waals surface area contributed by atoms with Gasteiger partial charge in [-0.1, -0.05) is 13.0 Å². The van der Waals surface area contributed by atoms with Crippen molar-refractivity contribution in [3.05, 3.63) is 12.3 Å². The van der Waals surface area contributed by atoms with E-state index in [2.05, 4.69) is 0 Å². The number of hydrogen-bond donors (Lipinski definition) is 0. The van der Waals surface area contributed by atoms with E-state index in [0.29, 0.717) is 0 Å². The zero-order valence-electron chi connectivity index (χ0n) is 5.79. The van der Waals surface area contributed by atoms with Crippen molar-refractivity contribution in [2.75, 3.05) is 7.05 Å². The largest absolute Gasteiger partial charge is 0.322 e. The van der Waals surface area contributed by atoms with Crippen molar-refractivity contribution in [3.8, 4) is 0 Å². The van der Waals surface area contributed by atoms with Crippen LogP contribution in [0.5, 0.6) is 0 Å². The topological polar surface area (TPSA) is 20.3 Å². The highest BCUT2D eigenvalue weighted by Gasteiger charge is 2.21. The standard InChI is InChI=1S/C7H11NO/c1-3-6-4-5-8(2)7(6)9/h4-6H,3H2,1-2H3. The van der Waals surface area contributed by atoms with Crippen LogP contribution in [0, 0.1) is 5.92 Å². The van der Waals surface area contributed by atoms with Gasteiger partial charge in [0.15, 0.2) is 0 Å². The van der Waals surface area contributed by atoms with Gasteiger partial charge in [0.2, 0.25) is 5.91 Å². The molecule has 0 aromatic carbocycles. The SMILES string of the molecule is CCC1C=CN(C)C1=O. The summed E-state index contributed by atoms with van der Waals surface area (Å²) in [6, 6.07) is 0. The van der Waals surface area contributed by atoms with Crippen molar-refractivity contribution in [2.45, 2.75) is 13.3 Å². The smallest absolute Gasteiger partial charge is 0.233 e. The molecule has 0 saturated carbocycles. The molecule has 1 rings (SSSR count). The van der Waals surface area contributed by atoms with Crippen molar-refractivity contribution in [1.82, 2.24) is 4.90 Å². The Morgan fingerprint density at radius 3 is 2.67 bits per heavy atom. The first kappa shape index (κ1) is 6.33. The molecule has 0 bridgehead atoms. The molecule has 2 nitrogen and oxygen atoms in total. The minimum atomic E-state index is 0.148. The summed E-state index contributed by atoms with van der Waals surface area (Å²) in [6.45, 7) is 2.02. The summed E-state index contributed by atoms with van der Waals surface area (Å²) >= 11 is 0. The minimum Gasteiger partial charge on any atom is -0.322 e. The van der Waals surface area contributed by atoms with E-state index >= 15 is 0 Å². The third-order valence-electron chi connectivity index (χ3n) is 1.65. The van der Waals surface area contributed by atoms with Gasteiger partial charge in [0.25, 0.3) is 0 Å². The summed E-state index contributed by atoms with van der Waals surface area (Å²) in [6.07, 6.45) is 4.69. The summed E-state index contributed by atoms with van der Waals surface area (Å²) in [5.74, 6) is 0.368. The Labute approximate surface area is 55.2 Å². The van der Waals surface area contributed by atoms with E-state index in [1.165, 1.54) is 0 Å². The monoisotopic (exact) mass is 125 g/mol. The summed E-state index contributed by atoms with van der Waals surface area (Å²) in [4.78, 5) is 12.6. The van der Waals surface area contributed by atoms with Crippen LogP contribution >= 0.6 is 0 Å². The summed E-state index contributed by atoms with van der Waals surface area (Å²) < 4.78 is 0. The molecule has 0 N–H and O–H groups in total. The Kier molecular flexibility index (Phi) is 1.56. The average molecular weight is 125 g/mol. The molecule has 0 spiro atoms. The van der Waals surface area contributed by atoms with Gasteiger partial charge in [-0.3, -0.25) is 4.79 Å². The highest BCUT2D eigenvalue weighted by atomic mass is 16.2. The number of carbonyl (C=O) groups excluding carboxylic acids is 1. The lowest BCUT2D eigenvalue weighted by Gasteiger charge is -2.07. The molecule has 2 heteroatoms. The molecule has 0 aliphatic carbocycles. The molecule has 1 atom stereocenters. The Bertz CT molecular complexity index is 151.